The topological polar surface area (TPSA) is 26.7 Å². The Morgan fingerprint density at radius 2 is 1.48 bits per heavy atom. The standard InChI is InChI=1S/C18H22N2O/c1-18(15-21)14-19(16-8-4-2-5-9-16)12-13-20(18)17-10-6-3-7-11-17/h2-11,21H,12-15H2,1H3. The molecule has 0 bridgehead atoms. The summed E-state index contributed by atoms with van der Waals surface area (Å²) in [6, 6.07) is 20.8. The highest BCUT2D eigenvalue weighted by atomic mass is 16.3. The molecule has 0 radical (unpaired) electrons. The maximum absolute atomic E-state index is 9.98. The number of anilines is 2. The summed E-state index contributed by atoms with van der Waals surface area (Å²) in [4.78, 5) is 4.68. The van der Waals surface area contributed by atoms with Crippen molar-refractivity contribution >= 4 is 11.4 Å². The lowest BCUT2D eigenvalue weighted by Gasteiger charge is -2.50. The Morgan fingerprint density at radius 3 is 2.05 bits per heavy atom. The summed E-state index contributed by atoms with van der Waals surface area (Å²) < 4.78 is 0. The summed E-state index contributed by atoms with van der Waals surface area (Å²) in [6.45, 7) is 4.98. The Labute approximate surface area is 126 Å². The fourth-order valence-electron chi connectivity index (χ4n) is 3.11. The highest BCUT2D eigenvalue weighted by Crippen LogP contribution is 2.30. The number of aliphatic hydroxyl groups is 1. The number of piperazine rings is 1. The minimum Gasteiger partial charge on any atom is -0.394 e. The van der Waals surface area contributed by atoms with Crippen molar-refractivity contribution in [3.63, 3.8) is 0 Å². The molecule has 1 unspecified atom stereocenters. The molecule has 0 saturated carbocycles. The third kappa shape index (κ3) is 2.74. The van der Waals surface area contributed by atoms with Crippen molar-refractivity contribution in [3.05, 3.63) is 60.7 Å². The predicted molar refractivity (Wildman–Crippen MR) is 87.9 cm³/mol. The highest BCUT2D eigenvalue weighted by Gasteiger charge is 2.37. The van der Waals surface area contributed by atoms with E-state index in [4.69, 9.17) is 0 Å². The average molecular weight is 282 g/mol. The second-order valence-corrected chi connectivity index (χ2v) is 5.90. The van der Waals surface area contributed by atoms with Gasteiger partial charge in [-0.15, -0.1) is 0 Å². The highest BCUT2D eigenvalue weighted by molar-refractivity contribution is 5.54. The number of aliphatic hydroxyl groups excluding tert-OH is 1. The largest absolute Gasteiger partial charge is 0.394 e. The molecule has 1 atom stereocenters. The first-order valence-electron chi connectivity index (χ1n) is 7.46. The van der Waals surface area contributed by atoms with E-state index >= 15 is 0 Å². The average Bonchev–Trinajstić information content (AvgIpc) is 2.56. The van der Waals surface area contributed by atoms with E-state index in [0.717, 1.165) is 19.6 Å². The Balaban J connectivity index is 1.85. The quantitative estimate of drug-likeness (QED) is 0.938. The van der Waals surface area contributed by atoms with Gasteiger partial charge in [-0.2, -0.15) is 0 Å². The molecule has 2 aromatic carbocycles. The number of para-hydroxylation sites is 2. The van der Waals surface area contributed by atoms with Crippen molar-refractivity contribution in [2.24, 2.45) is 0 Å². The second kappa shape index (κ2) is 5.78. The first-order chi connectivity index (χ1) is 10.2. The summed E-state index contributed by atoms with van der Waals surface area (Å²) in [6.07, 6.45) is 0. The van der Waals surface area contributed by atoms with Gasteiger partial charge in [0.05, 0.1) is 12.1 Å². The van der Waals surface area contributed by atoms with Gasteiger partial charge in [0.25, 0.3) is 0 Å². The lowest BCUT2D eigenvalue weighted by atomic mass is 9.95. The van der Waals surface area contributed by atoms with Crippen LogP contribution in [0.2, 0.25) is 0 Å². The lowest BCUT2D eigenvalue weighted by molar-refractivity contribution is 0.192. The van der Waals surface area contributed by atoms with Crippen LogP contribution < -0.4 is 9.80 Å². The van der Waals surface area contributed by atoms with Crippen LogP contribution in [-0.2, 0) is 0 Å². The van der Waals surface area contributed by atoms with Gasteiger partial charge in [0, 0.05) is 31.0 Å². The van der Waals surface area contributed by atoms with Crippen molar-refractivity contribution in [1.29, 1.82) is 0 Å². The molecule has 1 saturated heterocycles. The summed E-state index contributed by atoms with van der Waals surface area (Å²) in [5, 5.41) is 9.98. The third-order valence-electron chi connectivity index (χ3n) is 4.31. The number of benzene rings is 2. The SMILES string of the molecule is CC1(CO)CN(c2ccccc2)CCN1c1ccccc1. The van der Waals surface area contributed by atoms with Gasteiger partial charge in [-0.25, -0.2) is 0 Å². The van der Waals surface area contributed by atoms with E-state index in [0.29, 0.717) is 0 Å². The zero-order chi connectivity index (χ0) is 14.7. The van der Waals surface area contributed by atoms with E-state index in [9.17, 15) is 5.11 Å². The number of nitrogens with zero attached hydrogens (tertiary/aromatic N) is 2. The van der Waals surface area contributed by atoms with Gasteiger partial charge in [-0.1, -0.05) is 36.4 Å². The molecule has 3 rings (SSSR count). The molecule has 0 aliphatic carbocycles. The van der Waals surface area contributed by atoms with Crippen molar-refractivity contribution in [2.45, 2.75) is 12.5 Å². The monoisotopic (exact) mass is 282 g/mol. The van der Waals surface area contributed by atoms with Gasteiger partial charge < -0.3 is 14.9 Å². The van der Waals surface area contributed by atoms with E-state index < -0.39 is 0 Å². The van der Waals surface area contributed by atoms with Crippen LogP contribution in [0.3, 0.4) is 0 Å². The van der Waals surface area contributed by atoms with Crippen molar-refractivity contribution in [3.8, 4) is 0 Å². The molecule has 3 nitrogen and oxygen atoms in total. The molecule has 2 aromatic rings. The molecule has 1 aliphatic rings. The molecule has 3 heteroatoms. The van der Waals surface area contributed by atoms with Crippen LogP contribution in [-0.4, -0.2) is 36.9 Å². The van der Waals surface area contributed by atoms with Crippen LogP contribution in [0.25, 0.3) is 0 Å². The number of hydrogen-bond donors (Lipinski definition) is 1. The first-order valence-corrected chi connectivity index (χ1v) is 7.46. The minimum absolute atomic E-state index is 0.144. The van der Waals surface area contributed by atoms with Crippen LogP contribution in [0.1, 0.15) is 6.92 Å². The molecule has 110 valence electrons. The molecule has 1 aliphatic heterocycles. The zero-order valence-electron chi connectivity index (χ0n) is 12.4. The summed E-state index contributed by atoms with van der Waals surface area (Å²) in [7, 11) is 0. The van der Waals surface area contributed by atoms with Crippen LogP contribution in [0.15, 0.2) is 60.7 Å². The van der Waals surface area contributed by atoms with E-state index in [1.54, 1.807) is 0 Å². The predicted octanol–water partition coefficient (Wildman–Crippen LogP) is 2.76. The van der Waals surface area contributed by atoms with Crippen LogP contribution in [0, 0.1) is 0 Å². The first kappa shape index (κ1) is 14.0. The van der Waals surface area contributed by atoms with Crippen LogP contribution >= 0.6 is 0 Å². The van der Waals surface area contributed by atoms with Gasteiger partial charge in [0.1, 0.15) is 0 Å². The summed E-state index contributed by atoms with van der Waals surface area (Å²) in [5.74, 6) is 0. The lowest BCUT2D eigenvalue weighted by Crippen LogP contribution is -2.63. The van der Waals surface area contributed by atoms with Gasteiger partial charge in [-0.05, 0) is 31.2 Å². The summed E-state index contributed by atoms with van der Waals surface area (Å²) in [5.41, 5.74) is 2.14. The van der Waals surface area contributed by atoms with E-state index in [1.165, 1.54) is 11.4 Å². The van der Waals surface area contributed by atoms with E-state index in [2.05, 4.69) is 65.3 Å². The van der Waals surface area contributed by atoms with Gasteiger partial charge in [0.2, 0.25) is 0 Å². The van der Waals surface area contributed by atoms with E-state index in [1.807, 2.05) is 12.1 Å². The van der Waals surface area contributed by atoms with Gasteiger partial charge in [-0.3, -0.25) is 0 Å². The maximum atomic E-state index is 9.98. The fourth-order valence-corrected chi connectivity index (χ4v) is 3.11. The van der Waals surface area contributed by atoms with E-state index in [-0.39, 0.29) is 12.1 Å². The molecular weight excluding hydrogens is 260 g/mol. The maximum Gasteiger partial charge on any atom is 0.0779 e. The molecular formula is C18H22N2O. The molecule has 0 amide bonds. The molecule has 1 fully saturated rings. The molecule has 1 heterocycles. The Hall–Kier alpha value is -2.00. The fraction of sp³-hybridized carbons (Fsp3) is 0.333. The Kier molecular flexibility index (Phi) is 3.84. The number of hydrogen-bond acceptors (Lipinski definition) is 3. The van der Waals surface area contributed by atoms with Crippen LogP contribution in [0.4, 0.5) is 11.4 Å². The molecule has 1 N–H and O–H groups in total. The normalized spacial score (nSPS) is 22.4. The summed E-state index contributed by atoms with van der Waals surface area (Å²) >= 11 is 0. The van der Waals surface area contributed by atoms with Crippen molar-refractivity contribution in [2.75, 3.05) is 36.0 Å². The third-order valence-corrected chi connectivity index (χ3v) is 4.31. The zero-order valence-corrected chi connectivity index (χ0v) is 12.4. The second-order valence-electron chi connectivity index (χ2n) is 5.90. The number of rotatable bonds is 3. The molecule has 0 spiro atoms. The van der Waals surface area contributed by atoms with Gasteiger partial charge >= 0.3 is 0 Å². The van der Waals surface area contributed by atoms with Crippen molar-refractivity contribution in [1.82, 2.24) is 0 Å². The molecule has 0 aromatic heterocycles. The van der Waals surface area contributed by atoms with Crippen LogP contribution in [0.5, 0.6) is 0 Å². The smallest absolute Gasteiger partial charge is 0.0779 e. The Bertz CT molecular complexity index is 572. The van der Waals surface area contributed by atoms with Gasteiger partial charge in [0.15, 0.2) is 0 Å². The minimum atomic E-state index is -0.268. The Morgan fingerprint density at radius 1 is 0.905 bits per heavy atom. The molecule has 21 heavy (non-hydrogen) atoms. The van der Waals surface area contributed by atoms with Crippen molar-refractivity contribution < 1.29 is 5.11 Å².